The molecule has 2 aliphatic rings. The van der Waals surface area contributed by atoms with Crippen LogP contribution in [0.2, 0.25) is 0 Å². The molecular formula is C29H35FN4O5S. The lowest BCUT2D eigenvalue weighted by Gasteiger charge is -2.25. The van der Waals surface area contributed by atoms with Gasteiger partial charge in [0.25, 0.3) is 11.5 Å². The highest BCUT2D eigenvalue weighted by Gasteiger charge is 2.34. The monoisotopic (exact) mass is 570 g/mol. The van der Waals surface area contributed by atoms with Crippen molar-refractivity contribution in [3.05, 3.63) is 63.8 Å². The SMILES string of the molecule is Cc1c(F)cc(C(=O)NC2CC2)cc1-c1ccc2c(=O)n(CC(C)(C)CO)cc(S(=O)(=O)N3CC[C@@H](N)C3)c2c1. The summed E-state index contributed by atoms with van der Waals surface area (Å²) in [7, 11) is -4.05. The minimum atomic E-state index is -4.05. The van der Waals surface area contributed by atoms with Crippen LogP contribution in [-0.4, -0.2) is 60.1 Å². The zero-order valence-corrected chi connectivity index (χ0v) is 23.7. The van der Waals surface area contributed by atoms with Crippen molar-refractivity contribution in [2.75, 3.05) is 19.7 Å². The Kier molecular flexibility index (Phi) is 7.37. The number of amides is 1. The molecule has 2 fully saturated rings. The number of fused-ring (bicyclic) bond motifs is 1. The minimum absolute atomic E-state index is 0.0625. The second kappa shape index (κ2) is 10.4. The van der Waals surface area contributed by atoms with Crippen molar-refractivity contribution in [1.82, 2.24) is 14.2 Å². The topological polar surface area (TPSA) is 135 Å². The van der Waals surface area contributed by atoms with Gasteiger partial charge in [0, 0.05) is 66.3 Å². The number of carbonyl (C=O) groups is 1. The number of hydrogen-bond acceptors (Lipinski definition) is 6. The lowest BCUT2D eigenvalue weighted by molar-refractivity contribution is 0.0950. The van der Waals surface area contributed by atoms with Crippen LogP contribution in [0.25, 0.3) is 21.9 Å². The number of aliphatic hydroxyl groups is 1. The van der Waals surface area contributed by atoms with E-state index in [1.807, 2.05) is 0 Å². The zero-order chi connectivity index (χ0) is 29.0. The molecule has 0 radical (unpaired) electrons. The maximum atomic E-state index is 15.0. The second-order valence-electron chi connectivity index (χ2n) is 11.8. The van der Waals surface area contributed by atoms with E-state index in [-0.39, 0.29) is 65.5 Å². The van der Waals surface area contributed by atoms with E-state index in [0.29, 0.717) is 23.1 Å². The number of carbonyl (C=O) groups excluding carboxylic acids is 1. The van der Waals surface area contributed by atoms with Gasteiger partial charge in [-0.1, -0.05) is 19.9 Å². The Morgan fingerprint density at radius 1 is 1.18 bits per heavy atom. The summed E-state index contributed by atoms with van der Waals surface area (Å²) in [6.07, 6.45) is 3.64. The molecule has 1 saturated heterocycles. The largest absolute Gasteiger partial charge is 0.396 e. The smallest absolute Gasteiger partial charge is 0.258 e. The lowest BCUT2D eigenvalue weighted by Crippen LogP contribution is -2.35. The highest BCUT2D eigenvalue weighted by molar-refractivity contribution is 7.89. The molecule has 1 aromatic heterocycles. The van der Waals surface area contributed by atoms with Gasteiger partial charge >= 0.3 is 0 Å². The van der Waals surface area contributed by atoms with Gasteiger partial charge in [-0.2, -0.15) is 4.31 Å². The fourth-order valence-corrected chi connectivity index (χ4v) is 6.80. The van der Waals surface area contributed by atoms with Crippen LogP contribution in [0, 0.1) is 18.2 Å². The zero-order valence-electron chi connectivity index (χ0n) is 22.9. The van der Waals surface area contributed by atoms with Gasteiger partial charge in [0.1, 0.15) is 10.7 Å². The van der Waals surface area contributed by atoms with E-state index in [2.05, 4.69) is 5.32 Å². The molecule has 1 aliphatic heterocycles. The van der Waals surface area contributed by atoms with Crippen molar-refractivity contribution in [3.8, 4) is 11.1 Å². The van der Waals surface area contributed by atoms with Crippen LogP contribution in [0.1, 0.15) is 49.0 Å². The third-order valence-electron chi connectivity index (χ3n) is 7.71. The molecule has 1 aliphatic carbocycles. The molecule has 0 bridgehead atoms. The molecule has 0 spiro atoms. The summed E-state index contributed by atoms with van der Waals surface area (Å²) in [6, 6.07) is 7.36. The summed E-state index contributed by atoms with van der Waals surface area (Å²) in [4.78, 5) is 26.2. The summed E-state index contributed by atoms with van der Waals surface area (Å²) in [5.74, 6) is -0.925. The second-order valence-corrected chi connectivity index (χ2v) is 13.7. The van der Waals surface area contributed by atoms with Crippen LogP contribution in [0.3, 0.4) is 0 Å². The lowest BCUT2D eigenvalue weighted by atomic mass is 9.94. The summed E-state index contributed by atoms with van der Waals surface area (Å²) in [6.45, 7) is 5.48. The van der Waals surface area contributed by atoms with Gasteiger partial charge in [0.05, 0.1) is 0 Å². The summed E-state index contributed by atoms with van der Waals surface area (Å²) in [5.41, 5.74) is 6.32. The van der Waals surface area contributed by atoms with Crippen LogP contribution >= 0.6 is 0 Å². The van der Waals surface area contributed by atoms with Crippen molar-refractivity contribution in [3.63, 3.8) is 0 Å². The molecule has 2 heterocycles. The summed E-state index contributed by atoms with van der Waals surface area (Å²) in [5, 5.41) is 13.0. The predicted octanol–water partition coefficient (Wildman–Crippen LogP) is 2.75. The van der Waals surface area contributed by atoms with E-state index >= 15 is 4.39 Å². The third kappa shape index (κ3) is 5.43. The molecule has 40 heavy (non-hydrogen) atoms. The first kappa shape index (κ1) is 28.4. The number of nitrogens with one attached hydrogen (secondary N) is 1. The number of pyridine rings is 1. The van der Waals surface area contributed by atoms with Gasteiger partial charge < -0.3 is 20.7 Å². The fourth-order valence-electron chi connectivity index (χ4n) is 5.08. The number of rotatable bonds is 8. The van der Waals surface area contributed by atoms with Crippen molar-refractivity contribution >= 4 is 26.7 Å². The number of benzene rings is 2. The molecule has 0 unspecified atom stereocenters. The van der Waals surface area contributed by atoms with E-state index in [1.165, 1.54) is 21.1 Å². The van der Waals surface area contributed by atoms with Gasteiger partial charge in [0.2, 0.25) is 10.0 Å². The van der Waals surface area contributed by atoms with Crippen LogP contribution in [0.5, 0.6) is 0 Å². The first-order valence-corrected chi connectivity index (χ1v) is 14.9. The first-order chi connectivity index (χ1) is 18.8. The first-order valence-electron chi connectivity index (χ1n) is 13.5. The van der Waals surface area contributed by atoms with E-state index < -0.39 is 26.8 Å². The third-order valence-corrected chi connectivity index (χ3v) is 9.60. The van der Waals surface area contributed by atoms with Gasteiger partial charge in [0.15, 0.2) is 0 Å². The molecule has 1 saturated carbocycles. The molecule has 11 heteroatoms. The number of hydrogen-bond donors (Lipinski definition) is 3. The Hall–Kier alpha value is -3.12. The Labute approximate surface area is 232 Å². The number of sulfonamides is 1. The van der Waals surface area contributed by atoms with Gasteiger partial charge in [-0.25, -0.2) is 12.8 Å². The predicted molar refractivity (Wildman–Crippen MR) is 151 cm³/mol. The average Bonchev–Trinajstić information content (AvgIpc) is 3.61. The Morgan fingerprint density at radius 2 is 1.90 bits per heavy atom. The van der Waals surface area contributed by atoms with E-state index in [1.54, 1.807) is 45.0 Å². The highest BCUT2D eigenvalue weighted by atomic mass is 32.2. The maximum Gasteiger partial charge on any atom is 0.258 e. The standard InChI is InChI=1S/C29H35FN4O5S/c1-17-23(11-19(12-25(17)30)27(36)32-21-5-6-21)18-4-7-22-24(10-18)26(40(38,39)34-9-8-20(31)13-34)14-33(28(22)37)15-29(2,3)16-35/h4,7,10-12,14,20-21,35H,5-6,8-9,13,15-16,31H2,1-3H3,(H,32,36)/t20-/m1/s1. The van der Waals surface area contributed by atoms with Crippen LogP contribution in [0.15, 0.2) is 46.2 Å². The molecule has 3 aromatic rings. The Morgan fingerprint density at radius 3 is 2.52 bits per heavy atom. The normalized spacial score (nSPS) is 18.4. The molecule has 1 amide bonds. The maximum absolute atomic E-state index is 15.0. The average molecular weight is 571 g/mol. The van der Waals surface area contributed by atoms with E-state index in [4.69, 9.17) is 5.73 Å². The minimum Gasteiger partial charge on any atom is -0.396 e. The number of halogens is 1. The molecule has 2 aromatic carbocycles. The van der Waals surface area contributed by atoms with Gasteiger partial charge in [-0.3, -0.25) is 9.59 Å². The van der Waals surface area contributed by atoms with Gasteiger partial charge in [-0.15, -0.1) is 0 Å². The summed E-state index contributed by atoms with van der Waals surface area (Å²) >= 11 is 0. The number of aliphatic hydroxyl groups excluding tert-OH is 1. The molecular weight excluding hydrogens is 535 g/mol. The quantitative estimate of drug-likeness (QED) is 0.381. The van der Waals surface area contributed by atoms with E-state index in [0.717, 1.165) is 12.8 Å². The van der Waals surface area contributed by atoms with Crippen molar-refractivity contribution in [2.45, 2.75) is 63.6 Å². The van der Waals surface area contributed by atoms with Gasteiger partial charge in [-0.05, 0) is 67.1 Å². The van der Waals surface area contributed by atoms with E-state index in [9.17, 15) is 23.1 Å². The van der Waals surface area contributed by atoms with Crippen molar-refractivity contribution in [2.24, 2.45) is 11.1 Å². The Balaban J connectivity index is 1.70. The molecule has 5 rings (SSSR count). The number of nitrogens with zero attached hydrogens (tertiary/aromatic N) is 2. The number of nitrogens with two attached hydrogens (primary N) is 1. The van der Waals surface area contributed by atoms with Crippen LogP contribution < -0.4 is 16.6 Å². The van der Waals surface area contributed by atoms with Crippen LogP contribution in [-0.2, 0) is 16.6 Å². The van der Waals surface area contributed by atoms with Crippen molar-refractivity contribution in [1.29, 1.82) is 0 Å². The fraction of sp³-hybridized carbons (Fsp3) is 0.448. The molecule has 1 atom stereocenters. The Bertz CT molecular complexity index is 1660. The molecule has 9 nitrogen and oxygen atoms in total. The summed E-state index contributed by atoms with van der Waals surface area (Å²) < 4.78 is 45.5. The molecule has 4 N–H and O–H groups in total. The molecule has 214 valence electrons. The number of aromatic nitrogens is 1. The van der Waals surface area contributed by atoms with Crippen LogP contribution in [0.4, 0.5) is 4.39 Å². The van der Waals surface area contributed by atoms with Crippen molar-refractivity contribution < 1.29 is 22.7 Å². The highest BCUT2D eigenvalue weighted by Crippen LogP contribution is 2.33.